The van der Waals surface area contributed by atoms with Crippen LogP contribution in [0.25, 0.3) is 0 Å². The van der Waals surface area contributed by atoms with Gasteiger partial charge in [-0.1, -0.05) is 24.3 Å². The third-order valence-electron chi connectivity index (χ3n) is 3.65. The van der Waals surface area contributed by atoms with Gasteiger partial charge >= 0.3 is 0 Å². The van der Waals surface area contributed by atoms with E-state index in [1.807, 2.05) is 38.1 Å². The Morgan fingerprint density at radius 1 is 1.00 bits per heavy atom. The number of aryl methyl sites for hydroxylation is 1. The van der Waals surface area contributed by atoms with E-state index in [-0.39, 0.29) is 10.9 Å². The molecule has 23 heavy (non-hydrogen) atoms. The molecule has 0 aliphatic rings. The highest BCUT2D eigenvalue weighted by Crippen LogP contribution is 2.30. The molecule has 0 aliphatic heterocycles. The molecule has 0 aliphatic carbocycles. The van der Waals surface area contributed by atoms with E-state index in [0.29, 0.717) is 11.5 Å². The minimum absolute atomic E-state index is 0.135. The van der Waals surface area contributed by atoms with Crippen molar-refractivity contribution < 1.29 is 17.9 Å². The third kappa shape index (κ3) is 3.83. The second-order valence-electron chi connectivity index (χ2n) is 5.22. The first-order valence-corrected chi connectivity index (χ1v) is 8.67. The molecule has 6 heteroatoms. The van der Waals surface area contributed by atoms with Crippen molar-refractivity contribution in [3.63, 3.8) is 0 Å². The van der Waals surface area contributed by atoms with Crippen LogP contribution in [-0.2, 0) is 10.0 Å². The summed E-state index contributed by atoms with van der Waals surface area (Å²) in [6, 6.07) is 11.9. The fourth-order valence-electron chi connectivity index (χ4n) is 2.42. The maximum absolute atomic E-state index is 12.6. The summed E-state index contributed by atoms with van der Waals surface area (Å²) in [5.41, 5.74) is 1.98. The molecule has 0 radical (unpaired) electrons. The largest absolute Gasteiger partial charge is 0.493 e. The van der Waals surface area contributed by atoms with Crippen LogP contribution in [-0.4, -0.2) is 22.6 Å². The second-order valence-corrected chi connectivity index (χ2v) is 6.93. The molecule has 0 saturated heterocycles. The summed E-state index contributed by atoms with van der Waals surface area (Å²) in [4.78, 5) is 0.135. The van der Waals surface area contributed by atoms with Gasteiger partial charge in [-0.15, -0.1) is 0 Å². The van der Waals surface area contributed by atoms with Crippen molar-refractivity contribution in [2.24, 2.45) is 0 Å². The van der Waals surface area contributed by atoms with E-state index in [4.69, 9.17) is 9.47 Å². The highest BCUT2D eigenvalue weighted by molar-refractivity contribution is 7.89. The van der Waals surface area contributed by atoms with Crippen LogP contribution in [0.4, 0.5) is 0 Å². The van der Waals surface area contributed by atoms with Crippen LogP contribution < -0.4 is 14.2 Å². The van der Waals surface area contributed by atoms with Crippen LogP contribution in [0.3, 0.4) is 0 Å². The summed E-state index contributed by atoms with van der Waals surface area (Å²) in [6.07, 6.45) is 0. The van der Waals surface area contributed by atoms with Gasteiger partial charge in [-0.05, 0) is 37.1 Å². The minimum atomic E-state index is -3.67. The van der Waals surface area contributed by atoms with E-state index in [1.165, 1.54) is 26.4 Å². The van der Waals surface area contributed by atoms with Gasteiger partial charge in [0.1, 0.15) is 0 Å². The molecule has 0 saturated carbocycles. The summed E-state index contributed by atoms with van der Waals surface area (Å²) in [7, 11) is -0.693. The van der Waals surface area contributed by atoms with Crippen LogP contribution in [0.2, 0.25) is 0 Å². The van der Waals surface area contributed by atoms with Gasteiger partial charge in [-0.25, -0.2) is 13.1 Å². The van der Waals surface area contributed by atoms with E-state index >= 15 is 0 Å². The molecule has 2 aromatic carbocycles. The smallest absolute Gasteiger partial charge is 0.241 e. The molecule has 0 spiro atoms. The van der Waals surface area contributed by atoms with Crippen LogP contribution in [0.5, 0.6) is 11.5 Å². The van der Waals surface area contributed by atoms with E-state index in [2.05, 4.69) is 4.72 Å². The fourth-order valence-corrected chi connectivity index (χ4v) is 3.66. The van der Waals surface area contributed by atoms with Crippen molar-refractivity contribution in [1.82, 2.24) is 4.72 Å². The predicted molar refractivity (Wildman–Crippen MR) is 89.5 cm³/mol. The number of hydrogen-bond donors (Lipinski definition) is 1. The minimum Gasteiger partial charge on any atom is -0.493 e. The maximum Gasteiger partial charge on any atom is 0.241 e. The van der Waals surface area contributed by atoms with Crippen LogP contribution in [0, 0.1) is 6.92 Å². The van der Waals surface area contributed by atoms with Gasteiger partial charge in [0.2, 0.25) is 10.0 Å². The molecule has 1 N–H and O–H groups in total. The molecule has 2 aromatic rings. The lowest BCUT2D eigenvalue weighted by Crippen LogP contribution is -2.27. The second kappa shape index (κ2) is 7.02. The number of methoxy groups -OCH3 is 2. The van der Waals surface area contributed by atoms with E-state index < -0.39 is 10.0 Å². The third-order valence-corrected chi connectivity index (χ3v) is 5.19. The Hall–Kier alpha value is -2.05. The molecule has 5 nitrogen and oxygen atoms in total. The average Bonchev–Trinajstić information content (AvgIpc) is 2.54. The first-order valence-electron chi connectivity index (χ1n) is 7.19. The summed E-state index contributed by atoms with van der Waals surface area (Å²) in [5, 5.41) is 0. The van der Waals surface area contributed by atoms with Gasteiger partial charge in [-0.3, -0.25) is 0 Å². The SMILES string of the molecule is COc1ccc(S(=O)(=O)NC(C)c2ccccc2C)cc1OC. The number of nitrogens with one attached hydrogen (secondary N) is 1. The first kappa shape index (κ1) is 17.3. The summed E-state index contributed by atoms with van der Waals surface area (Å²) >= 11 is 0. The van der Waals surface area contributed by atoms with Gasteiger partial charge in [-0.2, -0.15) is 0 Å². The Kier molecular flexibility index (Phi) is 5.28. The van der Waals surface area contributed by atoms with Crippen LogP contribution in [0.15, 0.2) is 47.4 Å². The molecule has 124 valence electrons. The predicted octanol–water partition coefficient (Wildman–Crippen LogP) is 3.05. The normalized spacial score (nSPS) is 12.7. The van der Waals surface area contributed by atoms with Crippen molar-refractivity contribution in [2.45, 2.75) is 24.8 Å². The average molecular weight is 335 g/mol. The fraction of sp³-hybridized carbons (Fsp3) is 0.294. The Balaban J connectivity index is 2.30. The Labute approximate surface area is 137 Å². The molecular weight excluding hydrogens is 314 g/mol. The van der Waals surface area contributed by atoms with Gasteiger partial charge in [0.15, 0.2) is 11.5 Å². The van der Waals surface area contributed by atoms with Crippen molar-refractivity contribution in [1.29, 1.82) is 0 Å². The summed E-state index contributed by atoms with van der Waals surface area (Å²) in [5.74, 6) is 0.859. The van der Waals surface area contributed by atoms with Gasteiger partial charge < -0.3 is 9.47 Å². The lowest BCUT2D eigenvalue weighted by molar-refractivity contribution is 0.354. The molecule has 1 unspecified atom stereocenters. The van der Waals surface area contributed by atoms with E-state index in [0.717, 1.165) is 11.1 Å². The summed E-state index contributed by atoms with van der Waals surface area (Å²) in [6.45, 7) is 3.77. The zero-order chi connectivity index (χ0) is 17.0. The van der Waals surface area contributed by atoms with E-state index in [9.17, 15) is 8.42 Å². The lowest BCUT2D eigenvalue weighted by Gasteiger charge is -2.17. The highest BCUT2D eigenvalue weighted by atomic mass is 32.2. The Bertz CT molecular complexity index is 787. The molecule has 2 rings (SSSR count). The van der Waals surface area contributed by atoms with Gasteiger partial charge in [0, 0.05) is 12.1 Å². The van der Waals surface area contributed by atoms with Gasteiger partial charge in [0.25, 0.3) is 0 Å². The molecule has 0 aromatic heterocycles. The number of ether oxygens (including phenoxy) is 2. The van der Waals surface area contributed by atoms with Crippen molar-refractivity contribution >= 4 is 10.0 Å². The molecular formula is C17H21NO4S. The maximum atomic E-state index is 12.6. The standard InChI is InChI=1S/C17H21NO4S/c1-12-7-5-6-8-15(12)13(2)18-23(19,20)14-9-10-16(21-3)17(11-14)22-4/h5-11,13,18H,1-4H3. The monoisotopic (exact) mass is 335 g/mol. The molecule has 0 fully saturated rings. The number of benzene rings is 2. The molecule has 1 atom stereocenters. The van der Waals surface area contributed by atoms with Crippen molar-refractivity contribution in [3.05, 3.63) is 53.6 Å². The van der Waals surface area contributed by atoms with Crippen molar-refractivity contribution in [3.8, 4) is 11.5 Å². The number of hydrogen-bond acceptors (Lipinski definition) is 4. The number of sulfonamides is 1. The van der Waals surface area contributed by atoms with E-state index in [1.54, 1.807) is 6.07 Å². The van der Waals surface area contributed by atoms with Crippen LogP contribution in [0.1, 0.15) is 24.1 Å². The molecule has 0 amide bonds. The summed E-state index contributed by atoms with van der Waals surface area (Å²) < 4.78 is 38.2. The van der Waals surface area contributed by atoms with Gasteiger partial charge in [0.05, 0.1) is 19.1 Å². The van der Waals surface area contributed by atoms with Crippen LogP contribution >= 0.6 is 0 Å². The number of rotatable bonds is 6. The zero-order valence-electron chi connectivity index (χ0n) is 13.7. The zero-order valence-corrected chi connectivity index (χ0v) is 14.5. The molecule has 0 heterocycles. The lowest BCUT2D eigenvalue weighted by atomic mass is 10.0. The topological polar surface area (TPSA) is 64.6 Å². The highest BCUT2D eigenvalue weighted by Gasteiger charge is 2.21. The first-order chi connectivity index (χ1) is 10.9. The Morgan fingerprint density at radius 3 is 2.26 bits per heavy atom. The Morgan fingerprint density at radius 2 is 1.65 bits per heavy atom. The molecule has 0 bridgehead atoms. The quantitative estimate of drug-likeness (QED) is 0.881. The van der Waals surface area contributed by atoms with Crippen molar-refractivity contribution in [2.75, 3.05) is 14.2 Å².